The molecule has 5 aromatic rings. The Balaban J connectivity index is 1.33. The first kappa shape index (κ1) is 21.1. The lowest BCUT2D eigenvalue weighted by molar-refractivity contribution is -0.118. The quantitative estimate of drug-likeness (QED) is 0.400. The molecular formula is C25H20N6O3. The number of amides is 1. The number of fused-ring (bicyclic) bond motifs is 1. The number of rotatable bonds is 7. The smallest absolute Gasteiger partial charge is 0.262 e. The van der Waals surface area contributed by atoms with Crippen molar-refractivity contribution >= 4 is 17.2 Å². The fraction of sp³-hybridized carbons (Fsp3) is 0.0800. The third-order valence-electron chi connectivity index (χ3n) is 5.05. The molecule has 0 radical (unpaired) electrons. The highest BCUT2D eigenvalue weighted by atomic mass is 16.5. The number of aromatic nitrogens is 5. The highest BCUT2D eigenvalue weighted by Gasteiger charge is 2.11. The van der Waals surface area contributed by atoms with Crippen molar-refractivity contribution < 1.29 is 14.3 Å². The normalized spacial score (nSPS) is 10.7. The number of carbonyl (C=O) groups excluding carboxylic acids is 1. The highest BCUT2D eigenvalue weighted by molar-refractivity contribution is 5.92. The molecule has 2 aromatic carbocycles. The zero-order valence-corrected chi connectivity index (χ0v) is 18.3. The molecule has 34 heavy (non-hydrogen) atoms. The van der Waals surface area contributed by atoms with E-state index in [2.05, 4.69) is 20.5 Å². The summed E-state index contributed by atoms with van der Waals surface area (Å²) in [5, 5.41) is 16.0. The van der Waals surface area contributed by atoms with E-state index in [1.807, 2.05) is 54.6 Å². The highest BCUT2D eigenvalue weighted by Crippen LogP contribution is 2.23. The van der Waals surface area contributed by atoms with E-state index in [0.29, 0.717) is 34.4 Å². The molecule has 1 N–H and O–H groups in total. The van der Waals surface area contributed by atoms with E-state index < -0.39 is 0 Å². The monoisotopic (exact) mass is 452 g/mol. The van der Waals surface area contributed by atoms with Gasteiger partial charge in [-0.05, 0) is 48.5 Å². The van der Waals surface area contributed by atoms with Gasteiger partial charge in [-0.2, -0.15) is 9.61 Å². The Bertz CT molecular complexity index is 1450. The van der Waals surface area contributed by atoms with Gasteiger partial charge in [0, 0.05) is 35.3 Å². The van der Waals surface area contributed by atoms with Gasteiger partial charge in [0.15, 0.2) is 18.1 Å². The van der Waals surface area contributed by atoms with Crippen LogP contribution in [0.1, 0.15) is 0 Å². The Kier molecular flexibility index (Phi) is 5.81. The molecule has 0 unspecified atom stereocenters. The van der Waals surface area contributed by atoms with Crippen LogP contribution in [0.3, 0.4) is 0 Å². The zero-order chi connectivity index (χ0) is 23.3. The number of nitrogens with zero attached hydrogens (tertiary/aromatic N) is 5. The standard InChI is InChI=1S/C25H20N6O3/c1-33-20-6-3-7-21(15-20)34-16-24(32)27-19-5-2-4-18(14-19)22-8-9-23-28-29-25(31(23)30-22)17-10-12-26-13-11-17/h2-15H,16H2,1H3,(H,27,32). The molecule has 5 rings (SSSR count). The van der Waals surface area contributed by atoms with Gasteiger partial charge in [-0.15, -0.1) is 10.2 Å². The van der Waals surface area contributed by atoms with Crippen LogP contribution in [0.5, 0.6) is 11.5 Å². The van der Waals surface area contributed by atoms with Crippen molar-refractivity contribution in [1.82, 2.24) is 24.8 Å². The van der Waals surface area contributed by atoms with Gasteiger partial charge in [-0.1, -0.05) is 18.2 Å². The average Bonchev–Trinajstić information content (AvgIpc) is 3.32. The van der Waals surface area contributed by atoms with Crippen molar-refractivity contribution in [3.8, 4) is 34.1 Å². The second-order valence-electron chi connectivity index (χ2n) is 7.34. The van der Waals surface area contributed by atoms with Crippen LogP contribution >= 0.6 is 0 Å². The van der Waals surface area contributed by atoms with Crippen LogP contribution in [0.4, 0.5) is 5.69 Å². The van der Waals surface area contributed by atoms with Crippen molar-refractivity contribution in [3.63, 3.8) is 0 Å². The first-order chi connectivity index (χ1) is 16.7. The Morgan fingerprint density at radius 2 is 1.74 bits per heavy atom. The molecule has 1 amide bonds. The van der Waals surface area contributed by atoms with Gasteiger partial charge < -0.3 is 14.8 Å². The third-order valence-corrected chi connectivity index (χ3v) is 5.05. The second-order valence-corrected chi connectivity index (χ2v) is 7.34. The minimum Gasteiger partial charge on any atom is -0.497 e. The lowest BCUT2D eigenvalue weighted by atomic mass is 10.1. The first-order valence-electron chi connectivity index (χ1n) is 10.5. The molecule has 0 saturated heterocycles. The van der Waals surface area contributed by atoms with Gasteiger partial charge >= 0.3 is 0 Å². The summed E-state index contributed by atoms with van der Waals surface area (Å²) in [6.45, 7) is -0.127. The molecule has 3 heterocycles. The predicted octanol–water partition coefficient (Wildman–Crippen LogP) is 3.88. The molecule has 0 fully saturated rings. The fourth-order valence-electron chi connectivity index (χ4n) is 3.42. The van der Waals surface area contributed by atoms with E-state index in [9.17, 15) is 4.79 Å². The summed E-state index contributed by atoms with van der Waals surface area (Å²) in [6, 6.07) is 22.0. The summed E-state index contributed by atoms with van der Waals surface area (Å²) < 4.78 is 12.4. The fourth-order valence-corrected chi connectivity index (χ4v) is 3.42. The minimum atomic E-state index is -0.276. The number of hydrogen-bond acceptors (Lipinski definition) is 7. The molecule has 9 heteroatoms. The molecule has 0 bridgehead atoms. The van der Waals surface area contributed by atoms with Crippen molar-refractivity contribution in [2.45, 2.75) is 0 Å². The van der Waals surface area contributed by atoms with Gasteiger partial charge in [0.25, 0.3) is 5.91 Å². The number of methoxy groups -OCH3 is 1. The summed E-state index contributed by atoms with van der Waals surface area (Å²) in [4.78, 5) is 16.5. The molecular weight excluding hydrogens is 432 g/mol. The van der Waals surface area contributed by atoms with Crippen LogP contribution in [0.15, 0.2) is 85.2 Å². The molecule has 9 nitrogen and oxygen atoms in total. The summed E-state index contributed by atoms with van der Waals surface area (Å²) in [6.07, 6.45) is 3.40. The molecule has 0 aliphatic heterocycles. The number of carbonyl (C=O) groups is 1. The van der Waals surface area contributed by atoms with E-state index in [4.69, 9.17) is 14.6 Å². The topological polar surface area (TPSA) is 104 Å². The summed E-state index contributed by atoms with van der Waals surface area (Å²) in [5.74, 6) is 1.57. The summed E-state index contributed by atoms with van der Waals surface area (Å²) in [7, 11) is 1.58. The predicted molar refractivity (Wildman–Crippen MR) is 127 cm³/mol. The van der Waals surface area contributed by atoms with Crippen molar-refractivity contribution in [2.75, 3.05) is 19.0 Å². The number of ether oxygens (including phenoxy) is 2. The van der Waals surface area contributed by atoms with Gasteiger partial charge in [0.1, 0.15) is 11.5 Å². The Labute approximate surface area is 195 Å². The van der Waals surface area contributed by atoms with Crippen molar-refractivity contribution in [2.24, 2.45) is 0 Å². The number of pyridine rings is 1. The second kappa shape index (κ2) is 9.37. The van der Waals surface area contributed by atoms with Gasteiger partial charge in [-0.3, -0.25) is 9.78 Å². The van der Waals surface area contributed by atoms with Crippen molar-refractivity contribution in [1.29, 1.82) is 0 Å². The lowest BCUT2D eigenvalue weighted by Gasteiger charge is -2.10. The van der Waals surface area contributed by atoms with E-state index in [0.717, 1.165) is 11.1 Å². The van der Waals surface area contributed by atoms with Crippen LogP contribution in [-0.4, -0.2) is 44.4 Å². The van der Waals surface area contributed by atoms with Gasteiger partial charge in [0.05, 0.1) is 12.8 Å². The number of anilines is 1. The van der Waals surface area contributed by atoms with E-state index in [1.54, 1.807) is 42.2 Å². The average molecular weight is 452 g/mol. The molecule has 0 spiro atoms. The lowest BCUT2D eigenvalue weighted by Crippen LogP contribution is -2.20. The first-order valence-corrected chi connectivity index (χ1v) is 10.5. The molecule has 168 valence electrons. The SMILES string of the molecule is COc1cccc(OCC(=O)Nc2cccc(-c3ccc4nnc(-c5ccncc5)n4n3)c2)c1. The number of nitrogens with one attached hydrogen (secondary N) is 1. The number of hydrogen-bond donors (Lipinski definition) is 1. The molecule has 0 saturated carbocycles. The zero-order valence-electron chi connectivity index (χ0n) is 18.3. The summed E-state index contributed by atoms with van der Waals surface area (Å²) in [5.41, 5.74) is 3.68. The van der Waals surface area contributed by atoms with Crippen LogP contribution in [0, 0.1) is 0 Å². The Morgan fingerprint density at radius 1 is 0.912 bits per heavy atom. The largest absolute Gasteiger partial charge is 0.497 e. The van der Waals surface area contributed by atoms with Gasteiger partial charge in [-0.25, -0.2) is 0 Å². The maximum atomic E-state index is 12.4. The van der Waals surface area contributed by atoms with E-state index >= 15 is 0 Å². The van der Waals surface area contributed by atoms with Gasteiger partial charge in [0.2, 0.25) is 0 Å². The Morgan fingerprint density at radius 3 is 2.59 bits per heavy atom. The van der Waals surface area contributed by atoms with Crippen molar-refractivity contribution in [3.05, 3.63) is 85.2 Å². The Hall–Kier alpha value is -4.79. The molecule has 0 aliphatic carbocycles. The van der Waals surface area contributed by atoms with Crippen LogP contribution in [0.25, 0.3) is 28.3 Å². The number of benzene rings is 2. The maximum absolute atomic E-state index is 12.4. The van der Waals surface area contributed by atoms with Crippen LogP contribution in [0.2, 0.25) is 0 Å². The molecule has 0 atom stereocenters. The third kappa shape index (κ3) is 4.53. The summed E-state index contributed by atoms with van der Waals surface area (Å²) >= 11 is 0. The van der Waals surface area contributed by atoms with Crippen LogP contribution < -0.4 is 14.8 Å². The molecule has 0 aliphatic rings. The molecule has 3 aromatic heterocycles. The van der Waals surface area contributed by atoms with Crippen LogP contribution in [-0.2, 0) is 4.79 Å². The van der Waals surface area contributed by atoms with E-state index in [-0.39, 0.29) is 12.5 Å². The minimum absolute atomic E-state index is 0.127. The van der Waals surface area contributed by atoms with E-state index in [1.165, 1.54) is 0 Å². The maximum Gasteiger partial charge on any atom is 0.262 e.